The Bertz CT molecular complexity index is 1320. The Morgan fingerprint density at radius 3 is 2.50 bits per heavy atom. The van der Waals surface area contributed by atoms with Crippen LogP contribution in [-0.2, 0) is 14.8 Å². The Hall–Kier alpha value is -2.83. The molecule has 1 aliphatic heterocycles. The van der Waals surface area contributed by atoms with E-state index in [1.165, 1.54) is 24.3 Å². The largest absolute Gasteiger partial charge is 0.462 e. The number of esters is 1. The van der Waals surface area contributed by atoms with Gasteiger partial charge in [0.25, 0.3) is 5.91 Å². The van der Waals surface area contributed by atoms with E-state index in [0.717, 1.165) is 25.3 Å². The van der Waals surface area contributed by atoms with Crippen molar-refractivity contribution >= 4 is 43.2 Å². The van der Waals surface area contributed by atoms with Crippen molar-refractivity contribution in [3.63, 3.8) is 0 Å². The maximum Gasteiger partial charge on any atom is 0.341 e. The third-order valence-corrected chi connectivity index (χ3v) is 9.63. The number of thiophene rings is 1. The molecule has 2 aromatic rings. The molecule has 4 rings (SSSR count). The summed E-state index contributed by atoms with van der Waals surface area (Å²) in [5.41, 5.74) is 0.0494. The van der Waals surface area contributed by atoms with Crippen molar-refractivity contribution in [2.24, 2.45) is 10.8 Å². The highest BCUT2D eigenvalue weighted by atomic mass is 32.2. The highest BCUT2D eigenvalue weighted by Crippen LogP contribution is 2.53. The van der Waals surface area contributed by atoms with Gasteiger partial charge in [-0.2, -0.15) is 4.31 Å². The first-order valence-corrected chi connectivity index (χ1v) is 13.9. The second-order valence-corrected chi connectivity index (χ2v) is 13.5. The molecule has 2 bridgehead atoms. The lowest BCUT2D eigenvalue weighted by Gasteiger charge is -2.39. The average molecular weight is 536 g/mol. The number of carbonyl (C=O) groups excluding carboxylic acids is 2. The van der Waals surface area contributed by atoms with E-state index in [1.54, 1.807) is 11.2 Å². The maximum absolute atomic E-state index is 13.5. The molecule has 1 saturated heterocycles. The van der Waals surface area contributed by atoms with E-state index < -0.39 is 26.8 Å². The molecule has 0 spiro atoms. The highest BCUT2D eigenvalue weighted by Gasteiger charge is 2.53. The summed E-state index contributed by atoms with van der Waals surface area (Å²) >= 11 is 0.643. The molecule has 1 aliphatic carbocycles. The molecule has 1 aromatic carbocycles. The summed E-state index contributed by atoms with van der Waals surface area (Å²) in [7, 11) is -3.75. The van der Waals surface area contributed by atoms with Crippen LogP contribution in [0.4, 0.5) is 10.0 Å². The number of benzene rings is 1. The van der Waals surface area contributed by atoms with Gasteiger partial charge in [0.1, 0.15) is 10.6 Å². The summed E-state index contributed by atoms with van der Waals surface area (Å²) < 4.78 is 33.5. The third kappa shape index (κ3) is 5.02. The molecule has 2 atom stereocenters. The number of nitro groups is 1. The first kappa shape index (κ1) is 26.2. The highest BCUT2D eigenvalue weighted by molar-refractivity contribution is 7.89. The summed E-state index contributed by atoms with van der Waals surface area (Å²) in [4.78, 5) is 35.6. The van der Waals surface area contributed by atoms with Crippen molar-refractivity contribution in [2.75, 3.05) is 18.5 Å². The van der Waals surface area contributed by atoms with E-state index >= 15 is 0 Å². The monoisotopic (exact) mass is 535 g/mol. The lowest BCUT2D eigenvalue weighted by atomic mass is 9.65. The van der Waals surface area contributed by atoms with Gasteiger partial charge in [-0.1, -0.05) is 20.8 Å². The first-order chi connectivity index (χ1) is 16.7. The molecule has 12 heteroatoms. The quantitative estimate of drug-likeness (QED) is 0.309. The Morgan fingerprint density at radius 2 is 1.89 bits per heavy atom. The predicted octanol–water partition coefficient (Wildman–Crippen LogP) is 4.67. The maximum atomic E-state index is 13.5. The van der Waals surface area contributed by atoms with Crippen molar-refractivity contribution in [3.8, 4) is 0 Å². The van der Waals surface area contributed by atoms with Crippen molar-refractivity contribution in [2.45, 2.75) is 57.9 Å². The second kappa shape index (κ2) is 9.24. The van der Waals surface area contributed by atoms with Gasteiger partial charge >= 0.3 is 11.0 Å². The molecule has 2 aliphatic rings. The lowest BCUT2D eigenvalue weighted by molar-refractivity contribution is -0.380. The molecule has 0 radical (unpaired) electrons. The summed E-state index contributed by atoms with van der Waals surface area (Å²) in [6, 6.07) is 6.57. The van der Waals surface area contributed by atoms with E-state index in [9.17, 15) is 28.1 Å². The van der Waals surface area contributed by atoms with Crippen molar-refractivity contribution in [1.82, 2.24) is 4.31 Å². The van der Waals surface area contributed by atoms with Crippen LogP contribution in [0.25, 0.3) is 0 Å². The molecule has 36 heavy (non-hydrogen) atoms. The van der Waals surface area contributed by atoms with Gasteiger partial charge in [0, 0.05) is 24.2 Å². The van der Waals surface area contributed by atoms with Crippen molar-refractivity contribution in [1.29, 1.82) is 0 Å². The molecule has 0 unspecified atom stereocenters. The minimum Gasteiger partial charge on any atom is -0.462 e. The number of rotatable bonds is 7. The zero-order chi connectivity index (χ0) is 26.5. The molecule has 1 aromatic heterocycles. The number of amides is 1. The molecular formula is C24H29N3O7S2. The third-order valence-electron chi connectivity index (χ3n) is 6.71. The van der Waals surface area contributed by atoms with Gasteiger partial charge in [-0.15, -0.1) is 0 Å². The number of hydrogen-bond donors (Lipinski definition) is 1. The standard InChI is InChI=1S/C24H29N3O7S2/c1-5-34-22(29)18-10-19(27(30)31)35-21(18)25-20(28)15-6-8-17(9-7-15)36(32,33)26-14-24(4)12-16(26)11-23(2,3)13-24/h6-10,16H,5,11-14H2,1-4H3,(H,25,28)/t16-,24+/m1/s1. The SMILES string of the molecule is CCOC(=O)c1cc([N+](=O)[O-])sc1NC(=O)c1ccc(S(=O)(=O)N2C[C@@]3(C)C[C@H]2CC(C)(C)C3)cc1. The van der Waals surface area contributed by atoms with Crippen LogP contribution in [0.15, 0.2) is 35.2 Å². The fourth-order valence-electron chi connectivity index (χ4n) is 5.70. The van der Waals surface area contributed by atoms with Crippen LogP contribution in [0.3, 0.4) is 0 Å². The Morgan fingerprint density at radius 1 is 1.22 bits per heavy atom. The normalized spacial score (nSPS) is 23.3. The Balaban J connectivity index is 1.54. The van der Waals surface area contributed by atoms with Crippen LogP contribution in [-0.4, -0.2) is 48.7 Å². The van der Waals surface area contributed by atoms with Crippen molar-refractivity contribution < 1.29 is 27.7 Å². The predicted molar refractivity (Wildman–Crippen MR) is 135 cm³/mol. The number of nitrogens with zero attached hydrogens (tertiary/aromatic N) is 2. The number of fused-ring (bicyclic) bond motifs is 2. The molecule has 194 valence electrons. The van der Waals surface area contributed by atoms with Gasteiger partial charge in [-0.3, -0.25) is 14.9 Å². The van der Waals surface area contributed by atoms with Gasteiger partial charge in [0.15, 0.2) is 0 Å². The first-order valence-electron chi connectivity index (χ1n) is 11.6. The summed E-state index contributed by atoms with van der Waals surface area (Å²) in [6.07, 6.45) is 2.61. The summed E-state index contributed by atoms with van der Waals surface area (Å²) in [6.45, 7) is 8.64. The number of anilines is 1. The zero-order valence-electron chi connectivity index (χ0n) is 20.6. The fraction of sp³-hybridized carbons (Fsp3) is 0.500. The van der Waals surface area contributed by atoms with E-state index in [0.29, 0.717) is 17.9 Å². The molecule has 1 N–H and O–H groups in total. The van der Waals surface area contributed by atoms with E-state index in [4.69, 9.17) is 4.74 Å². The fourth-order valence-corrected chi connectivity index (χ4v) is 8.33. The van der Waals surface area contributed by atoms with Crippen molar-refractivity contribution in [3.05, 3.63) is 51.6 Å². The minimum absolute atomic E-state index is 0.0120. The molecule has 2 heterocycles. The van der Waals surface area contributed by atoms with Crippen LogP contribution in [0, 0.1) is 20.9 Å². The lowest BCUT2D eigenvalue weighted by Crippen LogP contribution is -2.37. The number of ether oxygens (including phenoxy) is 1. The number of sulfonamides is 1. The van der Waals surface area contributed by atoms with Crippen LogP contribution < -0.4 is 5.32 Å². The van der Waals surface area contributed by atoms with Gasteiger partial charge in [-0.05, 0) is 72.6 Å². The van der Waals surface area contributed by atoms with Gasteiger partial charge in [-0.25, -0.2) is 13.2 Å². The van der Waals surface area contributed by atoms with Crippen LogP contribution in [0.5, 0.6) is 0 Å². The zero-order valence-corrected chi connectivity index (χ0v) is 22.2. The van der Waals surface area contributed by atoms with Crippen LogP contribution >= 0.6 is 11.3 Å². The van der Waals surface area contributed by atoms with E-state index in [-0.39, 0.29) is 49.5 Å². The summed E-state index contributed by atoms with van der Waals surface area (Å²) in [5, 5.41) is 13.3. The summed E-state index contributed by atoms with van der Waals surface area (Å²) in [5.74, 6) is -1.42. The number of nitrogens with one attached hydrogen (secondary N) is 1. The smallest absolute Gasteiger partial charge is 0.341 e. The van der Waals surface area contributed by atoms with Gasteiger partial charge in [0.2, 0.25) is 10.0 Å². The topological polar surface area (TPSA) is 136 Å². The van der Waals surface area contributed by atoms with Crippen LogP contribution in [0.2, 0.25) is 0 Å². The average Bonchev–Trinajstić information content (AvgIpc) is 3.31. The Labute approximate surface area is 213 Å². The second-order valence-electron chi connectivity index (χ2n) is 10.5. The number of hydrogen-bond acceptors (Lipinski definition) is 8. The number of carbonyl (C=O) groups is 2. The molecule has 1 amide bonds. The Kier molecular flexibility index (Phi) is 6.73. The minimum atomic E-state index is -3.75. The molecule has 10 nitrogen and oxygen atoms in total. The van der Waals surface area contributed by atoms with E-state index in [2.05, 4.69) is 26.1 Å². The molecular weight excluding hydrogens is 506 g/mol. The molecule has 1 saturated carbocycles. The molecule has 2 fully saturated rings. The van der Waals surface area contributed by atoms with Crippen LogP contribution in [0.1, 0.15) is 67.7 Å². The van der Waals surface area contributed by atoms with Gasteiger partial charge < -0.3 is 10.1 Å². The van der Waals surface area contributed by atoms with E-state index in [1.807, 2.05) is 0 Å². The van der Waals surface area contributed by atoms with Gasteiger partial charge in [0.05, 0.1) is 16.4 Å².